The van der Waals surface area contributed by atoms with Gasteiger partial charge in [0.05, 0.1) is 5.69 Å². The molecule has 2 rings (SSSR count). The lowest BCUT2D eigenvalue weighted by atomic mass is 10.2. The SMILES string of the molecule is Cc1cc(/N=C/c2ccc(Cl)cc2)cn(C)c1=O. The van der Waals surface area contributed by atoms with Crippen LogP contribution in [0.15, 0.2) is 46.3 Å². The number of rotatable bonds is 2. The van der Waals surface area contributed by atoms with E-state index in [-0.39, 0.29) is 5.56 Å². The first kappa shape index (κ1) is 12.6. The Kier molecular flexibility index (Phi) is 3.63. The average Bonchev–Trinajstić information content (AvgIpc) is 2.35. The van der Waals surface area contributed by atoms with Crippen LogP contribution in [0.1, 0.15) is 11.1 Å². The van der Waals surface area contributed by atoms with Gasteiger partial charge in [-0.15, -0.1) is 0 Å². The van der Waals surface area contributed by atoms with Crippen LogP contribution < -0.4 is 5.56 Å². The van der Waals surface area contributed by atoms with Gasteiger partial charge in [0, 0.05) is 30.0 Å². The van der Waals surface area contributed by atoms with E-state index < -0.39 is 0 Å². The summed E-state index contributed by atoms with van der Waals surface area (Å²) in [7, 11) is 1.72. The Hall–Kier alpha value is -1.87. The summed E-state index contributed by atoms with van der Waals surface area (Å²) in [5, 5.41) is 0.699. The molecule has 1 aromatic carbocycles. The van der Waals surface area contributed by atoms with Gasteiger partial charge in [-0.05, 0) is 30.7 Å². The predicted molar refractivity (Wildman–Crippen MR) is 75.1 cm³/mol. The lowest BCUT2D eigenvalue weighted by Crippen LogP contribution is -2.17. The minimum absolute atomic E-state index is 0.000410. The van der Waals surface area contributed by atoms with Crippen LogP contribution in [0.4, 0.5) is 5.69 Å². The highest BCUT2D eigenvalue weighted by Gasteiger charge is 1.98. The molecular formula is C14H13ClN2O. The van der Waals surface area contributed by atoms with Crippen molar-refractivity contribution in [2.45, 2.75) is 6.92 Å². The first-order valence-corrected chi connectivity index (χ1v) is 5.91. The van der Waals surface area contributed by atoms with E-state index in [4.69, 9.17) is 11.6 Å². The van der Waals surface area contributed by atoms with Gasteiger partial charge < -0.3 is 4.57 Å². The van der Waals surface area contributed by atoms with Gasteiger partial charge in [0.25, 0.3) is 5.56 Å². The Morgan fingerprint density at radius 3 is 2.56 bits per heavy atom. The number of hydrogen-bond acceptors (Lipinski definition) is 2. The number of aryl methyl sites for hydroxylation is 2. The lowest BCUT2D eigenvalue weighted by molar-refractivity contribution is 0.849. The maximum Gasteiger partial charge on any atom is 0.253 e. The van der Waals surface area contributed by atoms with Crippen molar-refractivity contribution in [3.8, 4) is 0 Å². The van der Waals surface area contributed by atoms with Crippen molar-refractivity contribution < 1.29 is 0 Å². The molecule has 0 saturated heterocycles. The number of aromatic nitrogens is 1. The molecule has 0 aliphatic carbocycles. The molecule has 2 aromatic rings. The summed E-state index contributed by atoms with van der Waals surface area (Å²) in [6.07, 6.45) is 3.46. The van der Waals surface area contributed by atoms with Gasteiger partial charge in [-0.25, -0.2) is 0 Å². The third-order valence-corrected chi connectivity index (χ3v) is 2.83. The Morgan fingerprint density at radius 2 is 1.94 bits per heavy atom. The van der Waals surface area contributed by atoms with Crippen LogP contribution in [0, 0.1) is 6.92 Å². The van der Waals surface area contributed by atoms with E-state index in [2.05, 4.69) is 4.99 Å². The van der Waals surface area contributed by atoms with Crippen molar-refractivity contribution in [1.29, 1.82) is 0 Å². The molecule has 1 aromatic heterocycles. The Balaban J connectivity index is 2.29. The molecule has 4 heteroatoms. The molecule has 0 bridgehead atoms. The molecule has 0 spiro atoms. The first-order chi connectivity index (χ1) is 8.56. The fourth-order valence-corrected chi connectivity index (χ4v) is 1.75. The molecule has 0 unspecified atom stereocenters. The van der Waals surface area contributed by atoms with E-state index >= 15 is 0 Å². The number of pyridine rings is 1. The van der Waals surface area contributed by atoms with E-state index in [0.717, 1.165) is 11.3 Å². The number of hydrogen-bond donors (Lipinski definition) is 0. The molecule has 0 atom stereocenters. The van der Waals surface area contributed by atoms with E-state index in [1.165, 1.54) is 4.57 Å². The van der Waals surface area contributed by atoms with Crippen LogP contribution in [-0.4, -0.2) is 10.8 Å². The Bertz CT molecular complexity index is 616. The number of nitrogens with zero attached hydrogens (tertiary/aromatic N) is 2. The Labute approximate surface area is 110 Å². The first-order valence-electron chi connectivity index (χ1n) is 5.53. The molecule has 1 heterocycles. The second-order valence-electron chi connectivity index (χ2n) is 4.11. The quantitative estimate of drug-likeness (QED) is 0.764. The largest absolute Gasteiger partial charge is 0.316 e. The summed E-state index contributed by atoms with van der Waals surface area (Å²) in [6.45, 7) is 1.78. The van der Waals surface area contributed by atoms with Crippen LogP contribution in [-0.2, 0) is 7.05 Å². The molecule has 3 nitrogen and oxygen atoms in total. The van der Waals surface area contributed by atoms with Crippen molar-refractivity contribution in [2.75, 3.05) is 0 Å². The molecule has 0 aliphatic rings. The van der Waals surface area contributed by atoms with Gasteiger partial charge in [-0.2, -0.15) is 0 Å². The highest BCUT2D eigenvalue weighted by atomic mass is 35.5. The van der Waals surface area contributed by atoms with Gasteiger partial charge in [-0.1, -0.05) is 23.7 Å². The molecule has 0 amide bonds. The van der Waals surface area contributed by atoms with Crippen LogP contribution in [0.3, 0.4) is 0 Å². The number of aliphatic imine (C=N–C) groups is 1. The third kappa shape index (κ3) is 2.87. The fraction of sp³-hybridized carbons (Fsp3) is 0.143. The minimum atomic E-state index is 0.000410. The summed E-state index contributed by atoms with van der Waals surface area (Å²) in [5.41, 5.74) is 2.40. The zero-order valence-electron chi connectivity index (χ0n) is 10.2. The molecule has 0 aliphatic heterocycles. The van der Waals surface area contributed by atoms with Crippen LogP contribution in [0.25, 0.3) is 0 Å². The molecule has 18 heavy (non-hydrogen) atoms. The fourth-order valence-electron chi connectivity index (χ4n) is 1.62. The van der Waals surface area contributed by atoms with Gasteiger partial charge in [0.1, 0.15) is 0 Å². The zero-order valence-corrected chi connectivity index (χ0v) is 11.0. The minimum Gasteiger partial charge on any atom is -0.316 e. The summed E-state index contributed by atoms with van der Waals surface area (Å²) in [6, 6.07) is 9.18. The van der Waals surface area contributed by atoms with Crippen LogP contribution >= 0.6 is 11.6 Å². The normalized spacial score (nSPS) is 11.1. The molecule has 0 fully saturated rings. The maximum atomic E-state index is 11.5. The monoisotopic (exact) mass is 260 g/mol. The Morgan fingerprint density at radius 1 is 1.28 bits per heavy atom. The maximum absolute atomic E-state index is 11.5. The topological polar surface area (TPSA) is 34.4 Å². The van der Waals surface area contributed by atoms with Crippen LogP contribution in [0.5, 0.6) is 0 Å². The molecule has 0 N–H and O–H groups in total. The highest BCUT2D eigenvalue weighted by molar-refractivity contribution is 6.30. The van der Waals surface area contributed by atoms with Crippen LogP contribution in [0.2, 0.25) is 5.02 Å². The summed E-state index contributed by atoms with van der Waals surface area (Å²) in [4.78, 5) is 15.9. The van der Waals surface area contributed by atoms with E-state index in [1.54, 1.807) is 32.4 Å². The van der Waals surface area contributed by atoms with Crippen molar-refractivity contribution in [3.63, 3.8) is 0 Å². The zero-order chi connectivity index (χ0) is 13.1. The van der Waals surface area contributed by atoms with Crippen molar-refractivity contribution in [1.82, 2.24) is 4.57 Å². The van der Waals surface area contributed by atoms with Crippen molar-refractivity contribution >= 4 is 23.5 Å². The third-order valence-electron chi connectivity index (χ3n) is 2.58. The second-order valence-corrected chi connectivity index (χ2v) is 4.54. The molecule has 92 valence electrons. The smallest absolute Gasteiger partial charge is 0.253 e. The molecule has 0 saturated carbocycles. The molecule has 0 radical (unpaired) electrons. The summed E-state index contributed by atoms with van der Waals surface area (Å²) in [5.74, 6) is 0. The van der Waals surface area contributed by atoms with E-state index in [0.29, 0.717) is 10.6 Å². The predicted octanol–water partition coefficient (Wildman–Crippen LogP) is 3.10. The van der Waals surface area contributed by atoms with Gasteiger partial charge in [0.2, 0.25) is 0 Å². The average molecular weight is 261 g/mol. The number of halogens is 1. The van der Waals surface area contributed by atoms with E-state index in [9.17, 15) is 4.79 Å². The number of benzene rings is 1. The van der Waals surface area contributed by atoms with Gasteiger partial charge >= 0.3 is 0 Å². The van der Waals surface area contributed by atoms with Gasteiger partial charge in [-0.3, -0.25) is 9.79 Å². The summed E-state index contributed by atoms with van der Waals surface area (Å²) >= 11 is 5.81. The van der Waals surface area contributed by atoms with E-state index in [1.807, 2.05) is 24.3 Å². The summed E-state index contributed by atoms with van der Waals surface area (Å²) < 4.78 is 1.53. The lowest BCUT2D eigenvalue weighted by Gasteiger charge is -2.01. The second kappa shape index (κ2) is 5.19. The van der Waals surface area contributed by atoms with Crippen molar-refractivity contribution in [2.24, 2.45) is 12.0 Å². The van der Waals surface area contributed by atoms with Crippen molar-refractivity contribution in [3.05, 3.63) is 63.0 Å². The highest BCUT2D eigenvalue weighted by Crippen LogP contribution is 2.12. The standard InChI is InChI=1S/C14H13ClN2O/c1-10-7-13(9-17(2)14(10)18)16-8-11-3-5-12(15)6-4-11/h3-9H,1-2H3/b16-8+. The molecular weight excluding hydrogens is 248 g/mol. The van der Waals surface area contributed by atoms with Gasteiger partial charge in [0.15, 0.2) is 0 Å².